The summed E-state index contributed by atoms with van der Waals surface area (Å²) >= 11 is 6.04. The zero-order valence-electron chi connectivity index (χ0n) is 13.1. The van der Waals surface area contributed by atoms with Crippen LogP contribution in [0.1, 0.15) is 15.9 Å². The van der Waals surface area contributed by atoms with Crippen molar-refractivity contribution in [2.75, 3.05) is 5.32 Å². The standard InChI is InChI=1S/C17H13ClN4O3/c1-11-13(18)4-2-5-14(11)20-17(23)12-6-7-15(16(10-12)22(24)25)21-9-3-8-19-21/h2-10H,1H3,(H,20,23). The number of carbonyl (C=O) groups is 1. The average molecular weight is 357 g/mol. The predicted octanol–water partition coefficient (Wildman–Crippen LogP) is 3.99. The quantitative estimate of drug-likeness (QED) is 0.565. The lowest BCUT2D eigenvalue weighted by molar-refractivity contribution is -0.384. The molecule has 25 heavy (non-hydrogen) atoms. The van der Waals surface area contributed by atoms with Crippen molar-refractivity contribution in [1.29, 1.82) is 0 Å². The van der Waals surface area contributed by atoms with Crippen LogP contribution in [0.3, 0.4) is 0 Å². The lowest BCUT2D eigenvalue weighted by Crippen LogP contribution is -2.13. The molecule has 0 unspecified atom stereocenters. The Morgan fingerprint density at radius 3 is 2.76 bits per heavy atom. The Morgan fingerprint density at radius 1 is 1.28 bits per heavy atom. The second-order valence-corrected chi connectivity index (χ2v) is 5.68. The third-order valence-electron chi connectivity index (χ3n) is 3.70. The Kier molecular flexibility index (Phi) is 4.49. The van der Waals surface area contributed by atoms with Gasteiger partial charge in [-0.05, 0) is 42.8 Å². The zero-order chi connectivity index (χ0) is 18.0. The number of benzene rings is 2. The molecule has 3 rings (SSSR count). The number of nitrogens with one attached hydrogen (secondary N) is 1. The van der Waals surface area contributed by atoms with Crippen LogP contribution in [0.25, 0.3) is 5.69 Å². The average Bonchev–Trinajstić information content (AvgIpc) is 3.12. The minimum Gasteiger partial charge on any atom is -0.322 e. The van der Waals surface area contributed by atoms with E-state index in [0.717, 1.165) is 5.56 Å². The number of nitro benzene ring substituents is 1. The Morgan fingerprint density at radius 2 is 2.08 bits per heavy atom. The number of aromatic nitrogens is 2. The van der Waals surface area contributed by atoms with E-state index >= 15 is 0 Å². The van der Waals surface area contributed by atoms with Crippen LogP contribution in [0, 0.1) is 17.0 Å². The summed E-state index contributed by atoms with van der Waals surface area (Å²) in [6, 6.07) is 11.0. The maximum absolute atomic E-state index is 12.5. The van der Waals surface area contributed by atoms with E-state index in [1.165, 1.54) is 29.1 Å². The van der Waals surface area contributed by atoms with E-state index in [9.17, 15) is 14.9 Å². The van der Waals surface area contributed by atoms with Crippen LogP contribution in [-0.4, -0.2) is 20.6 Å². The first-order valence-corrected chi connectivity index (χ1v) is 7.70. The smallest absolute Gasteiger partial charge is 0.295 e. The summed E-state index contributed by atoms with van der Waals surface area (Å²) in [5, 5.41) is 18.6. The topological polar surface area (TPSA) is 90.1 Å². The zero-order valence-corrected chi connectivity index (χ0v) is 13.9. The Bertz CT molecular complexity index is 955. The molecule has 0 saturated carbocycles. The largest absolute Gasteiger partial charge is 0.322 e. The fourth-order valence-electron chi connectivity index (χ4n) is 2.35. The molecule has 0 aliphatic rings. The van der Waals surface area contributed by atoms with Gasteiger partial charge in [0.05, 0.1) is 4.92 Å². The summed E-state index contributed by atoms with van der Waals surface area (Å²) < 4.78 is 1.38. The molecular formula is C17H13ClN4O3. The molecule has 7 nitrogen and oxygen atoms in total. The molecule has 1 heterocycles. The minimum atomic E-state index is -0.543. The number of nitro groups is 1. The van der Waals surface area contributed by atoms with Crippen LogP contribution >= 0.6 is 11.6 Å². The lowest BCUT2D eigenvalue weighted by Gasteiger charge is -2.10. The summed E-state index contributed by atoms with van der Waals surface area (Å²) in [6.07, 6.45) is 3.11. The van der Waals surface area contributed by atoms with E-state index in [2.05, 4.69) is 10.4 Å². The fraction of sp³-hybridized carbons (Fsp3) is 0.0588. The second kappa shape index (κ2) is 6.74. The highest BCUT2D eigenvalue weighted by atomic mass is 35.5. The van der Waals surface area contributed by atoms with Gasteiger partial charge in [-0.15, -0.1) is 0 Å². The summed E-state index contributed by atoms with van der Waals surface area (Å²) in [4.78, 5) is 23.3. The number of anilines is 1. The number of hydrogen-bond donors (Lipinski definition) is 1. The van der Waals surface area contributed by atoms with Crippen LogP contribution in [0.15, 0.2) is 54.9 Å². The monoisotopic (exact) mass is 356 g/mol. The lowest BCUT2D eigenvalue weighted by atomic mass is 10.1. The maximum Gasteiger partial charge on any atom is 0.295 e. The van der Waals surface area contributed by atoms with Crippen molar-refractivity contribution in [3.05, 3.63) is 81.1 Å². The maximum atomic E-state index is 12.5. The molecule has 0 bridgehead atoms. The van der Waals surface area contributed by atoms with E-state index in [1.807, 2.05) is 0 Å². The third-order valence-corrected chi connectivity index (χ3v) is 4.11. The van der Waals surface area contributed by atoms with Gasteiger partial charge in [0, 0.05) is 34.7 Å². The summed E-state index contributed by atoms with van der Waals surface area (Å²) in [7, 11) is 0. The molecule has 0 atom stereocenters. The van der Waals surface area contributed by atoms with Crippen molar-refractivity contribution in [2.24, 2.45) is 0 Å². The van der Waals surface area contributed by atoms with E-state index in [4.69, 9.17) is 11.6 Å². The molecule has 0 aliphatic heterocycles. The number of amides is 1. The van der Waals surface area contributed by atoms with Gasteiger partial charge in [0.25, 0.3) is 11.6 Å². The summed E-state index contributed by atoms with van der Waals surface area (Å²) in [5.74, 6) is -0.458. The molecule has 3 aromatic rings. The van der Waals surface area contributed by atoms with Crippen molar-refractivity contribution in [3.63, 3.8) is 0 Å². The van der Waals surface area contributed by atoms with E-state index in [-0.39, 0.29) is 16.9 Å². The van der Waals surface area contributed by atoms with Crippen LogP contribution in [-0.2, 0) is 0 Å². The number of hydrogen-bond acceptors (Lipinski definition) is 4. The van der Waals surface area contributed by atoms with Crippen molar-refractivity contribution in [1.82, 2.24) is 9.78 Å². The van der Waals surface area contributed by atoms with Gasteiger partial charge < -0.3 is 5.32 Å². The van der Waals surface area contributed by atoms with Crippen LogP contribution in [0.5, 0.6) is 0 Å². The summed E-state index contributed by atoms with van der Waals surface area (Å²) in [6.45, 7) is 1.78. The first-order valence-electron chi connectivity index (χ1n) is 7.32. The van der Waals surface area contributed by atoms with Crippen molar-refractivity contribution < 1.29 is 9.72 Å². The van der Waals surface area contributed by atoms with Gasteiger partial charge in [-0.3, -0.25) is 14.9 Å². The van der Waals surface area contributed by atoms with Crippen LogP contribution in [0.2, 0.25) is 5.02 Å². The van der Waals surface area contributed by atoms with Gasteiger partial charge in [-0.2, -0.15) is 5.10 Å². The molecule has 0 radical (unpaired) electrons. The van der Waals surface area contributed by atoms with Gasteiger partial charge in [-0.25, -0.2) is 4.68 Å². The first kappa shape index (κ1) is 16.7. The van der Waals surface area contributed by atoms with Gasteiger partial charge >= 0.3 is 0 Å². The van der Waals surface area contributed by atoms with Gasteiger partial charge in [0.15, 0.2) is 0 Å². The Labute approximate surface area is 148 Å². The molecule has 1 N–H and O–H groups in total. The molecule has 0 aliphatic carbocycles. The molecule has 0 spiro atoms. The van der Waals surface area contributed by atoms with Crippen LogP contribution < -0.4 is 5.32 Å². The molecule has 8 heteroatoms. The molecule has 1 aromatic heterocycles. The highest BCUT2D eigenvalue weighted by molar-refractivity contribution is 6.31. The Balaban J connectivity index is 1.95. The number of nitrogens with zero attached hydrogens (tertiary/aromatic N) is 3. The fourth-order valence-corrected chi connectivity index (χ4v) is 2.53. The van der Waals surface area contributed by atoms with Gasteiger partial charge in [0.2, 0.25) is 0 Å². The molecular weight excluding hydrogens is 344 g/mol. The van der Waals surface area contributed by atoms with Crippen molar-refractivity contribution >= 4 is 28.9 Å². The molecule has 0 fully saturated rings. The predicted molar refractivity (Wildman–Crippen MR) is 94.4 cm³/mol. The van der Waals surface area contributed by atoms with E-state index < -0.39 is 10.8 Å². The minimum absolute atomic E-state index is 0.169. The molecule has 1 amide bonds. The number of carbonyl (C=O) groups excluding carboxylic acids is 1. The van der Waals surface area contributed by atoms with E-state index in [0.29, 0.717) is 10.7 Å². The van der Waals surface area contributed by atoms with Crippen molar-refractivity contribution in [3.8, 4) is 5.69 Å². The highest BCUT2D eigenvalue weighted by Gasteiger charge is 2.19. The number of halogens is 1. The Hall–Kier alpha value is -3.19. The van der Waals surface area contributed by atoms with Gasteiger partial charge in [-0.1, -0.05) is 17.7 Å². The van der Waals surface area contributed by atoms with Gasteiger partial charge in [0.1, 0.15) is 5.69 Å². The molecule has 0 saturated heterocycles. The van der Waals surface area contributed by atoms with E-state index in [1.54, 1.807) is 37.4 Å². The van der Waals surface area contributed by atoms with Crippen LogP contribution in [0.4, 0.5) is 11.4 Å². The molecule has 2 aromatic carbocycles. The first-order chi connectivity index (χ1) is 12.0. The normalized spacial score (nSPS) is 10.5. The van der Waals surface area contributed by atoms with Crippen molar-refractivity contribution in [2.45, 2.75) is 6.92 Å². The SMILES string of the molecule is Cc1c(Cl)cccc1NC(=O)c1ccc(-n2cccn2)c([N+](=O)[O-])c1. The summed E-state index contributed by atoms with van der Waals surface area (Å²) in [5.41, 5.74) is 1.52. The highest BCUT2D eigenvalue weighted by Crippen LogP contribution is 2.26. The second-order valence-electron chi connectivity index (χ2n) is 5.28. The molecule has 126 valence electrons. The third kappa shape index (κ3) is 3.36. The number of rotatable bonds is 4.